The standard InChI is InChI=1S/C12H23NO2/c1-6-10(12(13,7-2)8-3)15-11(14)9(4)5/h10H,4,6-8,13H2,1-3,5H3. The van der Waals surface area contributed by atoms with E-state index in [0.29, 0.717) is 5.57 Å². The van der Waals surface area contributed by atoms with Crippen LogP contribution in [0.4, 0.5) is 0 Å². The molecule has 88 valence electrons. The molecule has 15 heavy (non-hydrogen) atoms. The topological polar surface area (TPSA) is 52.3 Å². The van der Waals surface area contributed by atoms with Crippen LogP contribution >= 0.6 is 0 Å². The summed E-state index contributed by atoms with van der Waals surface area (Å²) in [6, 6.07) is 0. The smallest absolute Gasteiger partial charge is 0.333 e. The lowest BCUT2D eigenvalue weighted by molar-refractivity contribution is -0.148. The van der Waals surface area contributed by atoms with Crippen molar-refractivity contribution < 1.29 is 9.53 Å². The third-order valence-electron chi connectivity index (χ3n) is 2.93. The van der Waals surface area contributed by atoms with Gasteiger partial charge in [-0.05, 0) is 26.2 Å². The number of hydrogen-bond donors (Lipinski definition) is 1. The first-order valence-electron chi connectivity index (χ1n) is 5.56. The van der Waals surface area contributed by atoms with Gasteiger partial charge in [0.05, 0.1) is 5.54 Å². The van der Waals surface area contributed by atoms with Crippen LogP contribution in [-0.4, -0.2) is 17.6 Å². The zero-order valence-corrected chi connectivity index (χ0v) is 10.3. The van der Waals surface area contributed by atoms with Crippen molar-refractivity contribution in [2.75, 3.05) is 0 Å². The van der Waals surface area contributed by atoms with Crippen LogP contribution in [0.3, 0.4) is 0 Å². The molecule has 1 atom stereocenters. The van der Waals surface area contributed by atoms with E-state index in [1.54, 1.807) is 6.92 Å². The Morgan fingerprint density at radius 2 is 1.87 bits per heavy atom. The molecule has 0 aromatic carbocycles. The second kappa shape index (κ2) is 5.91. The highest BCUT2D eigenvalue weighted by molar-refractivity contribution is 5.87. The molecule has 0 heterocycles. The first-order chi connectivity index (χ1) is 6.91. The molecule has 0 saturated carbocycles. The van der Waals surface area contributed by atoms with Gasteiger partial charge in [-0.15, -0.1) is 0 Å². The first-order valence-corrected chi connectivity index (χ1v) is 5.56. The Bertz CT molecular complexity index is 232. The monoisotopic (exact) mass is 213 g/mol. The lowest BCUT2D eigenvalue weighted by Crippen LogP contribution is -2.51. The Morgan fingerprint density at radius 3 is 2.13 bits per heavy atom. The fourth-order valence-electron chi connectivity index (χ4n) is 1.54. The van der Waals surface area contributed by atoms with Gasteiger partial charge in [-0.25, -0.2) is 4.79 Å². The average Bonchev–Trinajstić information content (AvgIpc) is 2.24. The molecule has 0 aliphatic heterocycles. The summed E-state index contributed by atoms with van der Waals surface area (Å²) in [5.41, 5.74) is 6.20. The highest BCUT2D eigenvalue weighted by Gasteiger charge is 2.33. The summed E-state index contributed by atoms with van der Waals surface area (Å²) in [4.78, 5) is 11.4. The van der Waals surface area contributed by atoms with Crippen LogP contribution in [0, 0.1) is 0 Å². The van der Waals surface area contributed by atoms with Crippen molar-refractivity contribution in [3.8, 4) is 0 Å². The van der Waals surface area contributed by atoms with Crippen molar-refractivity contribution >= 4 is 5.97 Å². The van der Waals surface area contributed by atoms with E-state index in [1.165, 1.54) is 0 Å². The maximum Gasteiger partial charge on any atom is 0.333 e. The van der Waals surface area contributed by atoms with Gasteiger partial charge < -0.3 is 10.5 Å². The predicted molar refractivity (Wildman–Crippen MR) is 62.5 cm³/mol. The van der Waals surface area contributed by atoms with E-state index >= 15 is 0 Å². The molecule has 0 fully saturated rings. The molecule has 0 bridgehead atoms. The van der Waals surface area contributed by atoms with Crippen LogP contribution in [-0.2, 0) is 9.53 Å². The Kier molecular flexibility index (Phi) is 5.58. The molecule has 0 amide bonds. The van der Waals surface area contributed by atoms with Gasteiger partial charge >= 0.3 is 5.97 Å². The summed E-state index contributed by atoms with van der Waals surface area (Å²) >= 11 is 0. The van der Waals surface area contributed by atoms with Crippen molar-refractivity contribution in [1.82, 2.24) is 0 Å². The molecule has 0 rings (SSSR count). The van der Waals surface area contributed by atoms with Crippen LogP contribution in [0.2, 0.25) is 0 Å². The quantitative estimate of drug-likeness (QED) is 0.544. The third-order valence-corrected chi connectivity index (χ3v) is 2.93. The Hall–Kier alpha value is -0.830. The summed E-state index contributed by atoms with van der Waals surface area (Å²) in [6.07, 6.45) is 2.10. The molecule has 1 unspecified atom stereocenters. The number of ether oxygens (including phenoxy) is 1. The second-order valence-corrected chi connectivity index (χ2v) is 4.02. The van der Waals surface area contributed by atoms with E-state index in [1.807, 2.05) is 20.8 Å². The van der Waals surface area contributed by atoms with Gasteiger partial charge in [-0.1, -0.05) is 27.4 Å². The average molecular weight is 213 g/mol. The van der Waals surface area contributed by atoms with Crippen LogP contribution in [0.25, 0.3) is 0 Å². The zero-order valence-electron chi connectivity index (χ0n) is 10.3. The van der Waals surface area contributed by atoms with E-state index in [-0.39, 0.29) is 12.1 Å². The number of esters is 1. The molecule has 0 aliphatic carbocycles. The van der Waals surface area contributed by atoms with Gasteiger partial charge in [0.2, 0.25) is 0 Å². The van der Waals surface area contributed by atoms with Crippen LogP contribution in [0.5, 0.6) is 0 Å². The number of hydrogen-bond acceptors (Lipinski definition) is 3. The van der Waals surface area contributed by atoms with Gasteiger partial charge in [0.1, 0.15) is 6.10 Å². The van der Waals surface area contributed by atoms with Gasteiger partial charge in [-0.2, -0.15) is 0 Å². The highest BCUT2D eigenvalue weighted by atomic mass is 16.5. The van der Waals surface area contributed by atoms with Crippen molar-refractivity contribution in [3.63, 3.8) is 0 Å². The Balaban J connectivity index is 4.61. The van der Waals surface area contributed by atoms with Gasteiger partial charge in [-0.3, -0.25) is 0 Å². The number of carbonyl (C=O) groups excluding carboxylic acids is 1. The van der Waals surface area contributed by atoms with Crippen molar-refractivity contribution in [3.05, 3.63) is 12.2 Å². The highest BCUT2D eigenvalue weighted by Crippen LogP contribution is 2.22. The zero-order chi connectivity index (χ0) is 12.1. The maximum absolute atomic E-state index is 11.4. The van der Waals surface area contributed by atoms with E-state index in [4.69, 9.17) is 10.5 Å². The number of carbonyl (C=O) groups is 1. The molecule has 0 saturated heterocycles. The number of rotatable bonds is 6. The van der Waals surface area contributed by atoms with Gasteiger partial charge in [0.25, 0.3) is 0 Å². The fraction of sp³-hybridized carbons (Fsp3) is 0.750. The summed E-state index contributed by atoms with van der Waals surface area (Å²) in [6.45, 7) is 11.2. The molecular weight excluding hydrogens is 190 g/mol. The van der Waals surface area contributed by atoms with Gasteiger partial charge in [0, 0.05) is 5.57 Å². The van der Waals surface area contributed by atoms with Gasteiger partial charge in [0.15, 0.2) is 0 Å². The van der Waals surface area contributed by atoms with Crippen LogP contribution in [0.15, 0.2) is 12.2 Å². The predicted octanol–water partition coefficient (Wildman–Crippen LogP) is 2.40. The molecule has 0 radical (unpaired) electrons. The summed E-state index contributed by atoms with van der Waals surface area (Å²) in [7, 11) is 0. The summed E-state index contributed by atoms with van der Waals surface area (Å²) < 4.78 is 5.34. The molecule has 2 N–H and O–H groups in total. The maximum atomic E-state index is 11.4. The Morgan fingerprint density at radius 1 is 1.40 bits per heavy atom. The lowest BCUT2D eigenvalue weighted by Gasteiger charge is -2.34. The summed E-state index contributed by atoms with van der Waals surface area (Å²) in [5, 5.41) is 0. The summed E-state index contributed by atoms with van der Waals surface area (Å²) in [5.74, 6) is -0.349. The van der Waals surface area contributed by atoms with E-state index in [2.05, 4.69) is 6.58 Å². The first kappa shape index (κ1) is 14.2. The van der Waals surface area contributed by atoms with Crippen LogP contribution < -0.4 is 5.73 Å². The largest absolute Gasteiger partial charge is 0.457 e. The fourth-order valence-corrected chi connectivity index (χ4v) is 1.54. The minimum Gasteiger partial charge on any atom is -0.457 e. The molecular formula is C12H23NO2. The molecule has 0 aromatic rings. The molecule has 3 nitrogen and oxygen atoms in total. The minimum atomic E-state index is -0.417. The SMILES string of the molecule is C=C(C)C(=O)OC(CC)C(N)(CC)CC. The second-order valence-electron chi connectivity index (χ2n) is 4.02. The van der Waals surface area contributed by atoms with Crippen molar-refractivity contribution in [2.24, 2.45) is 5.73 Å². The van der Waals surface area contributed by atoms with E-state index < -0.39 is 5.54 Å². The normalized spacial score (nSPS) is 13.4. The Labute approximate surface area is 92.7 Å². The third kappa shape index (κ3) is 3.67. The number of nitrogens with two attached hydrogens (primary N) is 1. The van der Waals surface area contributed by atoms with E-state index in [0.717, 1.165) is 19.3 Å². The molecule has 0 spiro atoms. The molecule has 0 aliphatic rings. The lowest BCUT2D eigenvalue weighted by atomic mass is 9.86. The van der Waals surface area contributed by atoms with Crippen molar-refractivity contribution in [2.45, 2.75) is 58.6 Å². The molecule has 3 heteroatoms. The minimum absolute atomic E-state index is 0.225. The van der Waals surface area contributed by atoms with E-state index in [9.17, 15) is 4.79 Å². The molecule has 0 aromatic heterocycles. The van der Waals surface area contributed by atoms with Crippen molar-refractivity contribution in [1.29, 1.82) is 0 Å². The van der Waals surface area contributed by atoms with Crippen LogP contribution in [0.1, 0.15) is 47.0 Å².